The van der Waals surface area contributed by atoms with Crippen LogP contribution >= 0.6 is 11.6 Å². The summed E-state index contributed by atoms with van der Waals surface area (Å²) in [4.78, 5) is 12.8. The van der Waals surface area contributed by atoms with E-state index in [0.717, 1.165) is 5.56 Å². The Labute approximate surface area is 175 Å². The lowest BCUT2D eigenvalue weighted by atomic mass is 10.1. The van der Waals surface area contributed by atoms with Crippen molar-refractivity contribution in [1.29, 1.82) is 0 Å². The van der Waals surface area contributed by atoms with E-state index in [4.69, 9.17) is 30.5 Å². The molecule has 2 aromatic carbocycles. The first-order valence-corrected chi connectivity index (χ1v) is 9.17. The summed E-state index contributed by atoms with van der Waals surface area (Å²) < 4.78 is 21.7. The van der Waals surface area contributed by atoms with Crippen LogP contribution in [0.3, 0.4) is 0 Å². The summed E-state index contributed by atoms with van der Waals surface area (Å²) in [6.07, 6.45) is 6.28. The van der Waals surface area contributed by atoms with Crippen LogP contribution < -0.4 is 18.9 Å². The molecule has 0 saturated heterocycles. The molecule has 2 aromatic rings. The summed E-state index contributed by atoms with van der Waals surface area (Å²) in [5, 5.41) is 0.302. The molecule has 0 fully saturated rings. The van der Waals surface area contributed by atoms with Crippen molar-refractivity contribution in [2.24, 2.45) is 0 Å². The Kier molecular flexibility index (Phi) is 8.37. The molecular formula is C23H23ClO5. The molecule has 0 atom stereocenters. The Hall–Kier alpha value is -3.18. The van der Waals surface area contributed by atoms with Crippen molar-refractivity contribution in [3.05, 3.63) is 77.9 Å². The van der Waals surface area contributed by atoms with E-state index in [-0.39, 0.29) is 19.0 Å². The molecule has 2 rings (SSSR count). The minimum Gasteiger partial charge on any atom is -0.497 e. The van der Waals surface area contributed by atoms with Gasteiger partial charge in [0.1, 0.15) is 36.2 Å². The average Bonchev–Trinajstić information content (AvgIpc) is 2.75. The molecule has 0 saturated carbocycles. The zero-order valence-corrected chi connectivity index (χ0v) is 17.2. The highest BCUT2D eigenvalue weighted by Crippen LogP contribution is 2.34. The Morgan fingerprint density at radius 1 is 0.966 bits per heavy atom. The second-order valence-electron chi connectivity index (χ2n) is 5.78. The maximum atomic E-state index is 12.8. The van der Waals surface area contributed by atoms with Crippen LogP contribution in [0, 0.1) is 0 Å². The van der Waals surface area contributed by atoms with E-state index < -0.39 is 0 Å². The van der Waals surface area contributed by atoms with Gasteiger partial charge in [0.05, 0.1) is 24.8 Å². The van der Waals surface area contributed by atoms with Gasteiger partial charge in [-0.15, -0.1) is 0 Å². The molecule has 0 N–H and O–H groups in total. The van der Waals surface area contributed by atoms with Gasteiger partial charge in [0.25, 0.3) is 0 Å². The predicted octanol–water partition coefficient (Wildman–Crippen LogP) is 5.38. The summed E-state index contributed by atoms with van der Waals surface area (Å²) in [5.74, 6) is 1.72. The number of carbonyl (C=O) groups is 1. The summed E-state index contributed by atoms with van der Waals surface area (Å²) in [6.45, 7) is 7.76. The molecule has 5 nitrogen and oxygen atoms in total. The highest BCUT2D eigenvalue weighted by Gasteiger charge is 2.16. The van der Waals surface area contributed by atoms with Crippen molar-refractivity contribution in [3.63, 3.8) is 0 Å². The van der Waals surface area contributed by atoms with Crippen LogP contribution in [0.4, 0.5) is 0 Å². The largest absolute Gasteiger partial charge is 0.497 e. The first-order valence-electron chi connectivity index (χ1n) is 8.79. The van der Waals surface area contributed by atoms with Crippen LogP contribution in [0.15, 0.2) is 61.7 Å². The number of rotatable bonds is 11. The molecule has 6 heteroatoms. The van der Waals surface area contributed by atoms with Gasteiger partial charge in [0.2, 0.25) is 0 Å². The van der Waals surface area contributed by atoms with Gasteiger partial charge in [-0.3, -0.25) is 4.79 Å². The quantitative estimate of drug-likeness (QED) is 0.280. The molecule has 29 heavy (non-hydrogen) atoms. The van der Waals surface area contributed by atoms with Crippen molar-refractivity contribution in [3.8, 4) is 23.0 Å². The van der Waals surface area contributed by atoms with Crippen molar-refractivity contribution in [2.45, 2.75) is 0 Å². The molecule has 0 aliphatic carbocycles. The summed E-state index contributed by atoms with van der Waals surface area (Å²) >= 11 is 6.27. The van der Waals surface area contributed by atoms with Gasteiger partial charge in [-0.2, -0.15) is 0 Å². The van der Waals surface area contributed by atoms with Gasteiger partial charge in [-0.05, 0) is 30.4 Å². The van der Waals surface area contributed by atoms with E-state index in [1.54, 1.807) is 56.7 Å². The van der Waals surface area contributed by atoms with Gasteiger partial charge in [0, 0.05) is 17.7 Å². The molecule has 0 unspecified atom stereocenters. The lowest BCUT2D eigenvalue weighted by Gasteiger charge is -2.13. The molecule has 0 aliphatic heterocycles. The van der Waals surface area contributed by atoms with E-state index in [0.29, 0.717) is 33.6 Å². The fourth-order valence-corrected chi connectivity index (χ4v) is 2.68. The SMILES string of the molecule is C=CCOc1cc(OCC=C)c(C(=O)/C=C/c2ccc(OC)cc2OC)cc1Cl. The van der Waals surface area contributed by atoms with Crippen LogP contribution in [0.25, 0.3) is 6.08 Å². The molecule has 152 valence electrons. The van der Waals surface area contributed by atoms with Crippen molar-refractivity contribution < 1.29 is 23.7 Å². The number of ether oxygens (including phenoxy) is 4. The summed E-state index contributed by atoms with van der Waals surface area (Å²) in [5.41, 5.74) is 1.04. The second kappa shape index (κ2) is 11.0. The third kappa shape index (κ3) is 5.90. The highest BCUT2D eigenvalue weighted by molar-refractivity contribution is 6.32. The van der Waals surface area contributed by atoms with Crippen LogP contribution in [0.1, 0.15) is 15.9 Å². The van der Waals surface area contributed by atoms with Crippen molar-refractivity contribution >= 4 is 23.5 Å². The Morgan fingerprint density at radius 3 is 2.28 bits per heavy atom. The molecule has 0 radical (unpaired) electrons. The molecule has 0 heterocycles. The Morgan fingerprint density at radius 2 is 1.66 bits per heavy atom. The Bertz CT molecular complexity index is 918. The number of hydrogen-bond donors (Lipinski definition) is 0. The third-order valence-corrected chi connectivity index (χ3v) is 4.16. The van der Waals surface area contributed by atoms with Gasteiger partial charge in [0.15, 0.2) is 5.78 Å². The second-order valence-corrected chi connectivity index (χ2v) is 6.19. The smallest absolute Gasteiger partial charge is 0.189 e. The van der Waals surface area contributed by atoms with E-state index in [1.165, 1.54) is 12.1 Å². The van der Waals surface area contributed by atoms with Crippen LogP contribution in [-0.4, -0.2) is 33.2 Å². The highest BCUT2D eigenvalue weighted by atomic mass is 35.5. The number of carbonyl (C=O) groups excluding carboxylic acids is 1. The van der Waals surface area contributed by atoms with E-state index >= 15 is 0 Å². The van der Waals surface area contributed by atoms with Crippen LogP contribution in [0.2, 0.25) is 5.02 Å². The molecule has 0 aliphatic rings. The number of hydrogen-bond acceptors (Lipinski definition) is 5. The zero-order chi connectivity index (χ0) is 21.2. The molecular weight excluding hydrogens is 392 g/mol. The van der Waals surface area contributed by atoms with Gasteiger partial charge in [-0.25, -0.2) is 0 Å². The van der Waals surface area contributed by atoms with E-state index in [9.17, 15) is 4.79 Å². The fraction of sp³-hybridized carbons (Fsp3) is 0.174. The number of allylic oxidation sites excluding steroid dienone is 1. The summed E-state index contributed by atoms with van der Waals surface area (Å²) in [6, 6.07) is 8.44. The minimum atomic E-state index is -0.279. The number of benzene rings is 2. The number of ketones is 1. The maximum absolute atomic E-state index is 12.8. The van der Waals surface area contributed by atoms with Crippen molar-refractivity contribution in [1.82, 2.24) is 0 Å². The Balaban J connectivity index is 2.35. The first kappa shape index (κ1) is 22.1. The fourth-order valence-electron chi connectivity index (χ4n) is 2.47. The maximum Gasteiger partial charge on any atom is 0.189 e. The topological polar surface area (TPSA) is 54.0 Å². The van der Waals surface area contributed by atoms with Crippen molar-refractivity contribution in [2.75, 3.05) is 27.4 Å². The van der Waals surface area contributed by atoms with Crippen LogP contribution in [-0.2, 0) is 0 Å². The first-order chi connectivity index (χ1) is 14.0. The normalized spacial score (nSPS) is 10.4. The molecule has 0 spiro atoms. The van der Waals surface area contributed by atoms with E-state index in [2.05, 4.69) is 13.2 Å². The molecule has 0 bridgehead atoms. The predicted molar refractivity (Wildman–Crippen MR) is 116 cm³/mol. The van der Waals surface area contributed by atoms with Gasteiger partial charge >= 0.3 is 0 Å². The number of methoxy groups -OCH3 is 2. The lowest BCUT2D eigenvalue weighted by Crippen LogP contribution is -2.04. The lowest BCUT2D eigenvalue weighted by molar-refractivity contribution is 0.104. The molecule has 0 amide bonds. The minimum absolute atomic E-state index is 0.235. The van der Waals surface area contributed by atoms with Crippen LogP contribution in [0.5, 0.6) is 23.0 Å². The van der Waals surface area contributed by atoms with Gasteiger partial charge in [-0.1, -0.05) is 36.9 Å². The van der Waals surface area contributed by atoms with E-state index in [1.807, 2.05) is 0 Å². The standard InChI is InChI=1S/C23H23ClO5/c1-5-11-28-22-15-23(29-12-6-2)19(24)14-18(22)20(25)10-8-16-7-9-17(26-3)13-21(16)27-4/h5-10,13-15H,1-2,11-12H2,3-4H3/b10-8+. The number of halogens is 1. The third-order valence-electron chi connectivity index (χ3n) is 3.87. The van der Waals surface area contributed by atoms with Gasteiger partial charge < -0.3 is 18.9 Å². The molecule has 0 aromatic heterocycles. The zero-order valence-electron chi connectivity index (χ0n) is 16.4. The average molecular weight is 415 g/mol. The summed E-state index contributed by atoms with van der Waals surface area (Å²) in [7, 11) is 3.13. The monoisotopic (exact) mass is 414 g/mol.